The number of nitrogens with one attached hydrogen (secondary N) is 2. The van der Waals surface area contributed by atoms with Crippen LogP contribution in [0.25, 0.3) is 0 Å². The van der Waals surface area contributed by atoms with Crippen molar-refractivity contribution in [2.45, 2.75) is 12.8 Å². The van der Waals surface area contributed by atoms with E-state index in [4.69, 9.17) is 5.11 Å². The van der Waals surface area contributed by atoms with Crippen molar-refractivity contribution in [1.29, 1.82) is 0 Å². The molecule has 0 aliphatic heterocycles. The summed E-state index contributed by atoms with van der Waals surface area (Å²) in [6, 6.07) is 6.49. The van der Waals surface area contributed by atoms with Gasteiger partial charge in [-0.15, -0.1) is 11.3 Å². The van der Waals surface area contributed by atoms with E-state index in [1.54, 1.807) is 30.5 Å². The van der Waals surface area contributed by atoms with Gasteiger partial charge in [-0.25, -0.2) is 9.78 Å². The predicted molar refractivity (Wildman–Crippen MR) is 80.6 cm³/mol. The lowest BCUT2D eigenvalue weighted by Gasteiger charge is -2.10. The molecule has 0 unspecified atom stereocenters. The molecule has 6 nitrogen and oxygen atoms in total. The summed E-state index contributed by atoms with van der Waals surface area (Å²) in [5.74, 6) is -0.937. The van der Waals surface area contributed by atoms with E-state index in [1.165, 1.54) is 11.3 Å². The molecule has 0 atom stereocenters. The highest BCUT2D eigenvalue weighted by molar-refractivity contribution is 7.09. The van der Waals surface area contributed by atoms with Gasteiger partial charge in [-0.1, -0.05) is 18.2 Å². The summed E-state index contributed by atoms with van der Waals surface area (Å²) >= 11 is 1.54. The first-order chi connectivity index (χ1) is 10.1. The largest absolute Gasteiger partial charge is 0.481 e. The van der Waals surface area contributed by atoms with E-state index in [2.05, 4.69) is 15.6 Å². The normalized spacial score (nSPS) is 10.1. The van der Waals surface area contributed by atoms with Crippen molar-refractivity contribution in [1.82, 2.24) is 10.3 Å². The van der Waals surface area contributed by atoms with E-state index in [1.807, 2.05) is 5.38 Å². The van der Waals surface area contributed by atoms with Crippen LogP contribution in [0, 0.1) is 0 Å². The van der Waals surface area contributed by atoms with Crippen molar-refractivity contribution >= 4 is 29.0 Å². The first-order valence-electron chi connectivity index (χ1n) is 6.38. The minimum absolute atomic E-state index is 0.129. The Morgan fingerprint density at radius 2 is 2.10 bits per heavy atom. The standard InChI is InChI=1S/C14H15N3O3S/c18-13(19)9-10-3-1-2-4-11(10)17-14(20)16-6-5-12-15-7-8-21-12/h1-4,7-8H,5-6,9H2,(H,18,19)(H2,16,17,20). The molecule has 0 bridgehead atoms. The monoisotopic (exact) mass is 305 g/mol. The Balaban J connectivity index is 1.86. The molecule has 0 fully saturated rings. The van der Waals surface area contributed by atoms with E-state index >= 15 is 0 Å². The number of hydrogen-bond acceptors (Lipinski definition) is 4. The number of benzene rings is 1. The molecular weight excluding hydrogens is 290 g/mol. The molecule has 0 saturated carbocycles. The zero-order valence-corrected chi connectivity index (χ0v) is 12.0. The number of carbonyl (C=O) groups excluding carboxylic acids is 1. The minimum Gasteiger partial charge on any atom is -0.481 e. The Hall–Kier alpha value is -2.41. The van der Waals surface area contributed by atoms with Gasteiger partial charge in [0, 0.05) is 30.2 Å². The molecule has 1 heterocycles. The zero-order chi connectivity index (χ0) is 15.1. The number of carboxylic acid groups (broad SMARTS) is 1. The average Bonchev–Trinajstić information content (AvgIpc) is 2.93. The summed E-state index contributed by atoms with van der Waals surface area (Å²) in [6.07, 6.45) is 2.26. The Kier molecular flexibility index (Phi) is 5.28. The third-order valence-electron chi connectivity index (χ3n) is 2.72. The Morgan fingerprint density at radius 3 is 2.81 bits per heavy atom. The number of rotatable bonds is 6. The van der Waals surface area contributed by atoms with Crippen LogP contribution in [0.5, 0.6) is 0 Å². The van der Waals surface area contributed by atoms with Gasteiger partial charge in [0.05, 0.1) is 11.4 Å². The molecule has 0 aliphatic rings. The third-order valence-corrected chi connectivity index (χ3v) is 3.55. The van der Waals surface area contributed by atoms with Crippen LogP contribution in [0.2, 0.25) is 0 Å². The highest BCUT2D eigenvalue weighted by Crippen LogP contribution is 2.15. The zero-order valence-electron chi connectivity index (χ0n) is 11.2. The average molecular weight is 305 g/mol. The Morgan fingerprint density at radius 1 is 1.29 bits per heavy atom. The van der Waals surface area contributed by atoms with Crippen LogP contribution < -0.4 is 10.6 Å². The smallest absolute Gasteiger partial charge is 0.319 e. The number of aromatic nitrogens is 1. The predicted octanol–water partition coefficient (Wildman–Crippen LogP) is 2.13. The number of carbonyl (C=O) groups is 2. The molecule has 2 rings (SSSR count). The highest BCUT2D eigenvalue weighted by atomic mass is 32.1. The van der Waals surface area contributed by atoms with Gasteiger partial charge in [0.2, 0.25) is 0 Å². The number of anilines is 1. The van der Waals surface area contributed by atoms with Crippen LogP contribution in [0.15, 0.2) is 35.8 Å². The fourth-order valence-corrected chi connectivity index (χ4v) is 2.41. The maximum Gasteiger partial charge on any atom is 0.319 e. The second kappa shape index (κ2) is 7.39. The maximum atomic E-state index is 11.8. The summed E-state index contributed by atoms with van der Waals surface area (Å²) in [6.45, 7) is 0.473. The first-order valence-corrected chi connectivity index (χ1v) is 7.26. The van der Waals surface area contributed by atoms with Crippen LogP contribution in [-0.2, 0) is 17.6 Å². The van der Waals surface area contributed by atoms with Crippen LogP contribution in [0.1, 0.15) is 10.6 Å². The maximum absolute atomic E-state index is 11.8. The number of thiazole rings is 1. The van der Waals surface area contributed by atoms with Crippen molar-refractivity contribution in [3.63, 3.8) is 0 Å². The van der Waals surface area contributed by atoms with Crippen molar-refractivity contribution in [3.05, 3.63) is 46.4 Å². The van der Waals surface area contributed by atoms with Gasteiger partial charge in [0.1, 0.15) is 0 Å². The molecule has 7 heteroatoms. The number of hydrogen-bond donors (Lipinski definition) is 3. The van der Waals surface area contributed by atoms with Crippen molar-refractivity contribution in [2.75, 3.05) is 11.9 Å². The fraction of sp³-hybridized carbons (Fsp3) is 0.214. The van der Waals surface area contributed by atoms with Crippen molar-refractivity contribution in [3.8, 4) is 0 Å². The minimum atomic E-state index is -0.937. The molecule has 3 N–H and O–H groups in total. The molecule has 110 valence electrons. The van der Waals surface area contributed by atoms with E-state index in [9.17, 15) is 9.59 Å². The first kappa shape index (κ1) is 15.0. The fourth-order valence-electron chi connectivity index (χ4n) is 1.79. The number of aliphatic carboxylic acids is 1. The molecule has 0 aliphatic carbocycles. The van der Waals surface area contributed by atoms with Gasteiger partial charge >= 0.3 is 12.0 Å². The molecule has 0 radical (unpaired) electrons. The molecule has 21 heavy (non-hydrogen) atoms. The van der Waals surface area contributed by atoms with Gasteiger partial charge in [-0.05, 0) is 11.6 Å². The number of urea groups is 1. The molecule has 1 aromatic heterocycles. The summed E-state index contributed by atoms with van der Waals surface area (Å²) in [4.78, 5) is 26.7. The van der Waals surface area contributed by atoms with Gasteiger partial charge in [-0.3, -0.25) is 4.79 Å². The topological polar surface area (TPSA) is 91.3 Å². The van der Waals surface area contributed by atoms with E-state index in [0.29, 0.717) is 24.2 Å². The van der Waals surface area contributed by atoms with Crippen LogP contribution in [0.4, 0.5) is 10.5 Å². The summed E-state index contributed by atoms with van der Waals surface area (Å²) in [5, 5.41) is 17.1. The van der Waals surface area contributed by atoms with Gasteiger partial charge in [0.25, 0.3) is 0 Å². The van der Waals surface area contributed by atoms with E-state index in [0.717, 1.165) is 5.01 Å². The quantitative estimate of drug-likeness (QED) is 0.762. The van der Waals surface area contributed by atoms with E-state index in [-0.39, 0.29) is 12.5 Å². The Labute approximate surface area is 125 Å². The third kappa shape index (κ3) is 4.88. The highest BCUT2D eigenvalue weighted by Gasteiger charge is 2.09. The molecule has 2 aromatic rings. The number of para-hydroxylation sites is 1. The van der Waals surface area contributed by atoms with E-state index < -0.39 is 5.97 Å². The number of nitrogens with zero attached hydrogens (tertiary/aromatic N) is 1. The number of amides is 2. The summed E-state index contributed by atoms with van der Waals surface area (Å²) in [7, 11) is 0. The second-order valence-corrected chi connectivity index (χ2v) is 5.26. The van der Waals surface area contributed by atoms with Gasteiger partial charge < -0.3 is 15.7 Å². The van der Waals surface area contributed by atoms with Crippen molar-refractivity contribution in [2.24, 2.45) is 0 Å². The number of carboxylic acids is 1. The summed E-state index contributed by atoms with van der Waals surface area (Å²) < 4.78 is 0. The molecule has 2 amide bonds. The lowest BCUT2D eigenvalue weighted by molar-refractivity contribution is -0.136. The van der Waals surface area contributed by atoms with Crippen molar-refractivity contribution < 1.29 is 14.7 Å². The van der Waals surface area contributed by atoms with Crippen LogP contribution in [-0.4, -0.2) is 28.6 Å². The van der Waals surface area contributed by atoms with Crippen LogP contribution >= 0.6 is 11.3 Å². The van der Waals surface area contributed by atoms with Gasteiger partial charge in [0.15, 0.2) is 0 Å². The molecule has 1 aromatic carbocycles. The summed E-state index contributed by atoms with van der Waals surface area (Å²) in [5.41, 5.74) is 1.08. The van der Waals surface area contributed by atoms with Crippen LogP contribution in [0.3, 0.4) is 0 Å². The molecular formula is C14H15N3O3S. The lowest BCUT2D eigenvalue weighted by atomic mass is 10.1. The van der Waals surface area contributed by atoms with Gasteiger partial charge in [-0.2, -0.15) is 0 Å². The molecule has 0 spiro atoms. The second-order valence-electron chi connectivity index (χ2n) is 4.28. The Bertz CT molecular complexity index is 614. The molecule has 0 saturated heterocycles. The SMILES string of the molecule is O=C(O)Cc1ccccc1NC(=O)NCCc1nccs1. The lowest BCUT2D eigenvalue weighted by Crippen LogP contribution is -2.30.